The van der Waals surface area contributed by atoms with Crippen molar-refractivity contribution in [2.24, 2.45) is 5.92 Å². The van der Waals surface area contributed by atoms with Crippen LogP contribution in [0.5, 0.6) is 0 Å². The Labute approximate surface area is 167 Å². The molecule has 0 fully saturated rings. The highest BCUT2D eigenvalue weighted by Gasteiger charge is 2.17. The molecule has 2 N–H and O–H groups in total. The summed E-state index contributed by atoms with van der Waals surface area (Å²) in [5.41, 5.74) is 3.17. The summed E-state index contributed by atoms with van der Waals surface area (Å²) in [6.07, 6.45) is 7.21. The summed E-state index contributed by atoms with van der Waals surface area (Å²) >= 11 is 0. The average molecular weight is 383 g/mol. The van der Waals surface area contributed by atoms with E-state index in [1.165, 1.54) is 6.33 Å². The molecule has 0 bridgehead atoms. The quantitative estimate of drug-likeness (QED) is 0.434. The molecule has 6 heteroatoms. The van der Waals surface area contributed by atoms with Gasteiger partial charge in [0, 0.05) is 12.2 Å². The molecule has 0 aliphatic heterocycles. The lowest BCUT2D eigenvalue weighted by Crippen LogP contribution is -2.25. The van der Waals surface area contributed by atoms with Gasteiger partial charge in [-0.15, -0.1) is 6.58 Å². The number of nitrogens with zero attached hydrogens (tertiary/aromatic N) is 2. The van der Waals surface area contributed by atoms with Crippen LogP contribution < -0.4 is 10.6 Å². The number of rotatable bonds is 11. The van der Waals surface area contributed by atoms with E-state index in [4.69, 9.17) is 4.74 Å². The zero-order valence-electron chi connectivity index (χ0n) is 16.9. The van der Waals surface area contributed by atoms with Gasteiger partial charge in [-0.25, -0.2) is 14.8 Å². The molecule has 0 saturated heterocycles. The number of hydrogen-bond donors (Lipinski definition) is 2. The van der Waals surface area contributed by atoms with Crippen LogP contribution in [0.25, 0.3) is 0 Å². The molecule has 6 nitrogen and oxygen atoms in total. The van der Waals surface area contributed by atoms with Crippen molar-refractivity contribution in [2.75, 3.05) is 17.2 Å². The summed E-state index contributed by atoms with van der Waals surface area (Å²) in [4.78, 5) is 20.3. The third-order valence-electron chi connectivity index (χ3n) is 4.72. The Morgan fingerprint density at radius 2 is 2.11 bits per heavy atom. The van der Waals surface area contributed by atoms with Gasteiger partial charge in [-0.2, -0.15) is 0 Å². The largest absolute Gasteiger partial charge is 0.462 e. The number of aromatic nitrogens is 2. The number of hydrogen-bond acceptors (Lipinski definition) is 6. The molecule has 2 rings (SSSR count). The number of carbonyl (C=O) groups excluding carboxylic acids is 1. The van der Waals surface area contributed by atoms with Gasteiger partial charge in [0.2, 0.25) is 0 Å². The minimum absolute atomic E-state index is 0.260. The summed E-state index contributed by atoms with van der Waals surface area (Å²) < 4.78 is 5.14. The molecule has 0 radical (unpaired) electrons. The molecule has 28 heavy (non-hydrogen) atoms. The van der Waals surface area contributed by atoms with Gasteiger partial charge in [0.1, 0.15) is 6.33 Å². The van der Waals surface area contributed by atoms with E-state index in [0.717, 1.165) is 29.9 Å². The Morgan fingerprint density at radius 3 is 2.75 bits per heavy atom. The van der Waals surface area contributed by atoms with Gasteiger partial charge in [0.15, 0.2) is 0 Å². The van der Waals surface area contributed by atoms with E-state index in [1.54, 1.807) is 19.2 Å². The number of esters is 1. The van der Waals surface area contributed by atoms with Crippen LogP contribution in [0.15, 0.2) is 49.4 Å². The van der Waals surface area contributed by atoms with Gasteiger partial charge >= 0.3 is 5.97 Å². The fourth-order valence-corrected chi connectivity index (χ4v) is 3.07. The molecule has 0 spiro atoms. The van der Waals surface area contributed by atoms with Crippen LogP contribution in [0, 0.1) is 5.92 Å². The van der Waals surface area contributed by atoms with Crippen LogP contribution in [-0.2, 0) is 11.3 Å². The van der Waals surface area contributed by atoms with Gasteiger partial charge in [0.05, 0.1) is 35.8 Å². The summed E-state index contributed by atoms with van der Waals surface area (Å²) in [6.45, 7) is 10.9. The van der Waals surface area contributed by atoms with E-state index in [0.29, 0.717) is 24.6 Å². The third kappa shape index (κ3) is 6.08. The zero-order chi connectivity index (χ0) is 20.4. The molecule has 2 unspecified atom stereocenters. The maximum atomic E-state index is 12.1. The fraction of sp³-hybridized carbons (Fsp3) is 0.409. The fourth-order valence-electron chi connectivity index (χ4n) is 3.07. The molecule has 150 valence electrons. The molecular formula is C22H30N4O2. The molecule has 0 aliphatic carbocycles. The van der Waals surface area contributed by atoms with E-state index in [9.17, 15) is 4.79 Å². The van der Waals surface area contributed by atoms with E-state index < -0.39 is 0 Å². The lowest BCUT2D eigenvalue weighted by Gasteiger charge is -2.25. The molecule has 0 aliphatic rings. The highest BCUT2D eigenvalue weighted by Crippen LogP contribution is 2.27. The van der Waals surface area contributed by atoms with Crippen molar-refractivity contribution in [1.29, 1.82) is 0 Å². The van der Waals surface area contributed by atoms with Crippen LogP contribution in [0.3, 0.4) is 0 Å². The smallest absolute Gasteiger partial charge is 0.338 e. The molecule has 0 saturated carbocycles. The van der Waals surface area contributed by atoms with Crippen LogP contribution in [0.4, 0.5) is 11.4 Å². The molecular weight excluding hydrogens is 352 g/mol. The molecule has 1 aromatic carbocycles. The minimum Gasteiger partial charge on any atom is -0.462 e. The number of benzene rings is 1. The summed E-state index contributed by atoms with van der Waals surface area (Å²) in [7, 11) is 0. The first-order valence-electron chi connectivity index (χ1n) is 9.76. The molecule has 2 atom stereocenters. The van der Waals surface area contributed by atoms with Crippen LogP contribution >= 0.6 is 0 Å². The second-order valence-corrected chi connectivity index (χ2v) is 6.66. The first-order chi connectivity index (χ1) is 13.6. The molecule has 1 heterocycles. The maximum Gasteiger partial charge on any atom is 0.338 e. The SMILES string of the molecule is C=CCC(CC)C(C)Nc1ccc(C(=O)OCC)cc1NCc1ccncn1. The topological polar surface area (TPSA) is 76.1 Å². The van der Waals surface area contributed by atoms with Gasteiger partial charge in [0.25, 0.3) is 0 Å². The number of nitrogens with one attached hydrogen (secondary N) is 2. The number of allylic oxidation sites excluding steroid dienone is 1. The number of carbonyl (C=O) groups is 1. The first-order valence-corrected chi connectivity index (χ1v) is 9.76. The van der Waals surface area contributed by atoms with Gasteiger partial charge in [-0.3, -0.25) is 0 Å². The standard InChI is InChI=1S/C22H30N4O2/c1-5-8-17(6-2)16(4)26-20-10-9-18(22(27)28-7-3)13-21(20)24-14-19-11-12-23-15-25-19/h5,9-13,15-17,24,26H,1,6-8,14H2,2-4H3. The Balaban J connectivity index is 2.23. The van der Waals surface area contributed by atoms with Crippen molar-refractivity contribution >= 4 is 17.3 Å². The van der Waals surface area contributed by atoms with E-state index in [1.807, 2.05) is 24.3 Å². The zero-order valence-corrected chi connectivity index (χ0v) is 16.9. The highest BCUT2D eigenvalue weighted by molar-refractivity contribution is 5.92. The lowest BCUT2D eigenvalue weighted by molar-refractivity contribution is 0.0526. The van der Waals surface area contributed by atoms with Crippen molar-refractivity contribution in [2.45, 2.75) is 46.2 Å². The van der Waals surface area contributed by atoms with E-state index in [2.05, 4.69) is 41.0 Å². The van der Waals surface area contributed by atoms with Crippen molar-refractivity contribution < 1.29 is 9.53 Å². The summed E-state index contributed by atoms with van der Waals surface area (Å²) in [6, 6.07) is 7.65. The second kappa shape index (κ2) is 11.1. The first kappa shape index (κ1) is 21.4. The Hall–Kier alpha value is -2.89. The molecule has 1 aromatic heterocycles. The van der Waals surface area contributed by atoms with Crippen molar-refractivity contribution in [3.05, 3.63) is 60.7 Å². The Kier molecular flexibility index (Phi) is 8.46. The van der Waals surface area contributed by atoms with Crippen molar-refractivity contribution in [1.82, 2.24) is 9.97 Å². The normalized spacial score (nSPS) is 12.7. The van der Waals surface area contributed by atoms with E-state index >= 15 is 0 Å². The predicted molar refractivity (Wildman–Crippen MR) is 113 cm³/mol. The molecule has 2 aromatic rings. The maximum absolute atomic E-state index is 12.1. The van der Waals surface area contributed by atoms with Gasteiger partial charge in [-0.1, -0.05) is 19.4 Å². The Morgan fingerprint density at radius 1 is 1.29 bits per heavy atom. The van der Waals surface area contributed by atoms with E-state index in [-0.39, 0.29) is 12.0 Å². The van der Waals surface area contributed by atoms with Crippen molar-refractivity contribution in [3.8, 4) is 0 Å². The second-order valence-electron chi connectivity index (χ2n) is 6.66. The predicted octanol–water partition coefficient (Wildman–Crippen LogP) is 4.67. The summed E-state index contributed by atoms with van der Waals surface area (Å²) in [5.74, 6) is 0.155. The molecule has 0 amide bonds. The van der Waals surface area contributed by atoms with Crippen LogP contribution in [0.1, 0.15) is 49.7 Å². The Bertz CT molecular complexity index is 764. The number of ether oxygens (including phenoxy) is 1. The van der Waals surface area contributed by atoms with Crippen LogP contribution in [-0.4, -0.2) is 28.6 Å². The lowest BCUT2D eigenvalue weighted by atomic mass is 9.94. The highest BCUT2D eigenvalue weighted by atomic mass is 16.5. The van der Waals surface area contributed by atoms with Gasteiger partial charge in [-0.05, 0) is 50.5 Å². The van der Waals surface area contributed by atoms with Crippen LogP contribution in [0.2, 0.25) is 0 Å². The number of anilines is 2. The summed E-state index contributed by atoms with van der Waals surface area (Å²) in [5, 5.41) is 6.97. The average Bonchev–Trinajstić information content (AvgIpc) is 2.72. The van der Waals surface area contributed by atoms with Crippen molar-refractivity contribution in [3.63, 3.8) is 0 Å². The third-order valence-corrected chi connectivity index (χ3v) is 4.72. The monoisotopic (exact) mass is 382 g/mol. The minimum atomic E-state index is -0.328. The van der Waals surface area contributed by atoms with Gasteiger partial charge < -0.3 is 15.4 Å².